The summed E-state index contributed by atoms with van der Waals surface area (Å²) < 4.78 is 10.4. The first kappa shape index (κ1) is 25.3. The lowest BCUT2D eigenvalue weighted by molar-refractivity contribution is -0.384. The van der Waals surface area contributed by atoms with Crippen LogP contribution in [0.25, 0.3) is 0 Å². The molecule has 13 heteroatoms. The molecule has 0 unspecified atom stereocenters. The van der Waals surface area contributed by atoms with Crippen molar-refractivity contribution in [3.63, 3.8) is 0 Å². The minimum atomic E-state index is -1.27. The van der Waals surface area contributed by atoms with Crippen molar-refractivity contribution >= 4 is 34.8 Å². The molecule has 13 nitrogen and oxygen atoms in total. The van der Waals surface area contributed by atoms with Gasteiger partial charge in [-0.3, -0.25) is 15.5 Å². The third-order valence-electron chi connectivity index (χ3n) is 4.31. The number of ether oxygens (including phenoxy) is 2. The molecule has 36 heavy (non-hydrogen) atoms. The molecule has 0 heterocycles. The molecule has 3 aromatic carbocycles. The average molecular weight is 493 g/mol. The number of nitrogens with one attached hydrogen (secondary N) is 1. The van der Waals surface area contributed by atoms with Crippen LogP contribution in [-0.4, -0.2) is 46.1 Å². The van der Waals surface area contributed by atoms with E-state index in [0.29, 0.717) is 11.3 Å². The monoisotopic (exact) mass is 493 g/mol. The number of nitro benzene ring substituents is 1. The number of hydrogen-bond acceptors (Lipinski definition) is 9. The number of carbonyl (C=O) groups is 2. The Morgan fingerprint density at radius 2 is 1.53 bits per heavy atom. The fourth-order valence-corrected chi connectivity index (χ4v) is 2.72. The molecule has 0 amide bonds. The van der Waals surface area contributed by atoms with Crippen LogP contribution in [0.1, 0.15) is 5.56 Å². The number of hydrazone groups is 1. The van der Waals surface area contributed by atoms with Gasteiger partial charge in [0.2, 0.25) is 5.84 Å². The Hall–Kier alpha value is -5.33. The van der Waals surface area contributed by atoms with Crippen molar-refractivity contribution in [2.75, 3.05) is 18.6 Å². The summed E-state index contributed by atoms with van der Waals surface area (Å²) in [6.45, 7) is -1.29. The quantitative estimate of drug-likeness (QED) is 0.116. The first-order valence-corrected chi connectivity index (χ1v) is 10.2. The van der Waals surface area contributed by atoms with Crippen molar-refractivity contribution < 1.29 is 34.2 Å². The lowest BCUT2D eigenvalue weighted by Gasteiger charge is -2.10. The SMILES string of the molecule is O=C(O)COc1cc([N+](=O)[O-])ccc1N=N/C(=N\Nc1ccccc1OCC(=O)O)c1ccccc1. The van der Waals surface area contributed by atoms with Gasteiger partial charge < -0.3 is 19.7 Å². The van der Waals surface area contributed by atoms with Crippen molar-refractivity contribution in [1.29, 1.82) is 0 Å². The molecule has 0 radical (unpaired) electrons. The second-order valence-electron chi connectivity index (χ2n) is 6.88. The summed E-state index contributed by atoms with van der Waals surface area (Å²) in [5.74, 6) is -2.23. The molecule has 0 aromatic heterocycles. The van der Waals surface area contributed by atoms with E-state index in [1.54, 1.807) is 54.6 Å². The van der Waals surface area contributed by atoms with Gasteiger partial charge in [0.25, 0.3) is 5.69 Å². The summed E-state index contributed by atoms with van der Waals surface area (Å²) in [6, 6.07) is 18.7. The molecule has 0 spiro atoms. The summed E-state index contributed by atoms with van der Waals surface area (Å²) >= 11 is 0. The third-order valence-corrected chi connectivity index (χ3v) is 4.31. The van der Waals surface area contributed by atoms with E-state index in [1.165, 1.54) is 12.1 Å². The highest BCUT2D eigenvalue weighted by molar-refractivity contribution is 5.99. The molecule has 0 aliphatic heterocycles. The van der Waals surface area contributed by atoms with Gasteiger partial charge in [-0.2, -0.15) is 5.10 Å². The number of hydrogen-bond donors (Lipinski definition) is 3. The minimum absolute atomic E-state index is 0.0377. The highest BCUT2D eigenvalue weighted by Crippen LogP contribution is 2.32. The largest absolute Gasteiger partial charge is 0.480 e. The van der Waals surface area contributed by atoms with Crippen molar-refractivity contribution in [1.82, 2.24) is 0 Å². The van der Waals surface area contributed by atoms with E-state index in [-0.39, 0.29) is 28.7 Å². The van der Waals surface area contributed by atoms with Gasteiger partial charge in [-0.05, 0) is 18.2 Å². The number of aliphatic carboxylic acids is 2. The summed E-state index contributed by atoms with van der Waals surface area (Å²) in [5, 5.41) is 41.3. The number of azo groups is 1. The van der Waals surface area contributed by atoms with Crippen molar-refractivity contribution in [3.8, 4) is 11.5 Å². The summed E-state index contributed by atoms with van der Waals surface area (Å²) in [5.41, 5.74) is 3.41. The van der Waals surface area contributed by atoms with Crippen molar-refractivity contribution in [2.45, 2.75) is 0 Å². The molecule has 3 aromatic rings. The summed E-state index contributed by atoms with van der Waals surface area (Å²) in [7, 11) is 0. The van der Waals surface area contributed by atoms with E-state index in [0.717, 1.165) is 6.07 Å². The fourth-order valence-electron chi connectivity index (χ4n) is 2.72. The van der Waals surface area contributed by atoms with E-state index in [4.69, 9.17) is 19.7 Å². The Morgan fingerprint density at radius 1 is 0.889 bits per heavy atom. The second kappa shape index (κ2) is 12.2. The van der Waals surface area contributed by atoms with Gasteiger partial charge >= 0.3 is 11.9 Å². The highest BCUT2D eigenvalue weighted by Gasteiger charge is 2.14. The van der Waals surface area contributed by atoms with Gasteiger partial charge in [0, 0.05) is 11.6 Å². The lowest BCUT2D eigenvalue weighted by Crippen LogP contribution is -2.10. The smallest absolute Gasteiger partial charge is 0.341 e. The number of carboxylic acids is 2. The molecule has 0 aliphatic carbocycles. The van der Waals surface area contributed by atoms with Crippen LogP contribution in [0.2, 0.25) is 0 Å². The predicted octanol–water partition coefficient (Wildman–Crippen LogP) is 4.08. The zero-order valence-corrected chi connectivity index (χ0v) is 18.5. The molecule has 0 saturated carbocycles. The fraction of sp³-hybridized carbons (Fsp3) is 0.0870. The molecule has 0 aliphatic rings. The first-order chi connectivity index (χ1) is 17.3. The number of nitrogens with zero attached hydrogens (tertiary/aromatic N) is 4. The number of benzene rings is 3. The molecular formula is C23H19N5O8. The van der Waals surface area contributed by atoms with Crippen LogP contribution in [0.5, 0.6) is 11.5 Å². The lowest BCUT2D eigenvalue weighted by atomic mass is 10.2. The predicted molar refractivity (Wildman–Crippen MR) is 127 cm³/mol. The van der Waals surface area contributed by atoms with Gasteiger partial charge in [-0.25, -0.2) is 9.59 Å². The van der Waals surface area contributed by atoms with Crippen LogP contribution in [0.4, 0.5) is 17.1 Å². The first-order valence-electron chi connectivity index (χ1n) is 10.2. The average Bonchev–Trinajstić information content (AvgIpc) is 2.87. The van der Waals surface area contributed by atoms with Gasteiger partial charge in [0.1, 0.15) is 11.4 Å². The molecule has 0 saturated heterocycles. The zero-order valence-electron chi connectivity index (χ0n) is 18.5. The van der Waals surface area contributed by atoms with Crippen LogP contribution in [0.15, 0.2) is 88.1 Å². The number of carboxylic acid groups (broad SMARTS) is 2. The molecular weight excluding hydrogens is 474 g/mol. The number of nitro groups is 1. The minimum Gasteiger partial charge on any atom is -0.480 e. The molecule has 0 fully saturated rings. The third kappa shape index (κ3) is 7.34. The normalized spacial score (nSPS) is 11.2. The van der Waals surface area contributed by atoms with Gasteiger partial charge in [0.15, 0.2) is 19.0 Å². The summed E-state index contributed by atoms with van der Waals surface area (Å²) in [4.78, 5) is 32.2. The maximum absolute atomic E-state index is 11.1. The van der Waals surface area contributed by atoms with Gasteiger partial charge in [0.05, 0.1) is 16.7 Å². The van der Waals surface area contributed by atoms with Crippen LogP contribution in [0, 0.1) is 10.1 Å². The standard InChI is InChI=1S/C23H19N5O8/c29-21(30)13-35-19-9-5-4-8-17(19)24-26-23(15-6-2-1-3-7-15)27-25-18-11-10-16(28(33)34)12-20(18)36-14-22(31)32/h1-12,24H,13-14H2,(H,29,30)(H,31,32)/b26-23-,27-25?. The Balaban J connectivity index is 1.94. The van der Waals surface area contributed by atoms with E-state index < -0.39 is 30.1 Å². The molecule has 0 atom stereocenters. The Kier molecular flexibility index (Phi) is 8.59. The van der Waals surface area contributed by atoms with Crippen LogP contribution in [0.3, 0.4) is 0 Å². The highest BCUT2D eigenvalue weighted by atomic mass is 16.6. The van der Waals surface area contributed by atoms with Crippen LogP contribution in [-0.2, 0) is 9.59 Å². The molecule has 3 rings (SSSR count). The topological polar surface area (TPSA) is 185 Å². The Morgan fingerprint density at radius 3 is 2.19 bits per heavy atom. The van der Waals surface area contributed by atoms with E-state index in [9.17, 15) is 19.7 Å². The summed E-state index contributed by atoms with van der Waals surface area (Å²) in [6.07, 6.45) is 0. The van der Waals surface area contributed by atoms with Crippen LogP contribution < -0.4 is 14.9 Å². The number of non-ortho nitro benzene ring substituents is 1. The number of amidine groups is 1. The van der Waals surface area contributed by atoms with Crippen LogP contribution >= 0.6 is 0 Å². The second-order valence-corrected chi connectivity index (χ2v) is 6.88. The maximum Gasteiger partial charge on any atom is 0.341 e. The maximum atomic E-state index is 11.1. The Bertz CT molecular complexity index is 1310. The van der Waals surface area contributed by atoms with Crippen molar-refractivity contribution in [3.05, 3.63) is 88.5 Å². The molecule has 0 bridgehead atoms. The molecule has 184 valence electrons. The van der Waals surface area contributed by atoms with E-state index in [2.05, 4.69) is 20.8 Å². The van der Waals surface area contributed by atoms with E-state index >= 15 is 0 Å². The number of para-hydroxylation sites is 2. The van der Waals surface area contributed by atoms with Crippen molar-refractivity contribution in [2.24, 2.45) is 15.3 Å². The Labute approximate surface area is 203 Å². The molecule has 3 N–H and O–H groups in total. The number of anilines is 1. The van der Waals surface area contributed by atoms with Gasteiger partial charge in [-0.15, -0.1) is 10.2 Å². The van der Waals surface area contributed by atoms with Gasteiger partial charge in [-0.1, -0.05) is 42.5 Å². The van der Waals surface area contributed by atoms with E-state index in [1.807, 2.05) is 0 Å². The zero-order chi connectivity index (χ0) is 25.9. The number of rotatable bonds is 11.